The van der Waals surface area contributed by atoms with Gasteiger partial charge in [0, 0.05) is 23.8 Å². The number of aromatic nitrogens is 4. The number of hydrogen-bond acceptors (Lipinski definition) is 6. The summed E-state index contributed by atoms with van der Waals surface area (Å²) in [5.41, 5.74) is -0.156. The maximum absolute atomic E-state index is 12.7. The van der Waals surface area contributed by atoms with Crippen LogP contribution in [0.4, 0.5) is 13.2 Å². The van der Waals surface area contributed by atoms with E-state index in [9.17, 15) is 18.0 Å². The van der Waals surface area contributed by atoms with Gasteiger partial charge in [-0.3, -0.25) is 4.79 Å². The second kappa shape index (κ2) is 7.32. The average molecular weight is 382 g/mol. The number of aryl methyl sites for hydroxylation is 2. The maximum Gasteiger partial charge on any atom is 0.433 e. The Morgan fingerprint density at radius 3 is 2.62 bits per heavy atom. The minimum Gasteiger partial charge on any atom is -0.339 e. The van der Waals surface area contributed by atoms with E-state index in [0.29, 0.717) is 30.0 Å². The molecule has 0 aliphatic rings. The summed E-state index contributed by atoms with van der Waals surface area (Å²) in [6, 6.07) is 8.02. The van der Waals surface area contributed by atoms with Crippen LogP contribution in [0.2, 0.25) is 0 Å². The van der Waals surface area contributed by atoms with Gasteiger partial charge in [-0.05, 0) is 6.92 Å². The molecule has 0 spiro atoms. The van der Waals surface area contributed by atoms with Crippen LogP contribution in [0.3, 0.4) is 0 Å². The number of alkyl halides is 3. The molecule has 0 radical (unpaired) electrons. The van der Waals surface area contributed by atoms with E-state index in [2.05, 4.69) is 20.1 Å². The first-order valence-electron chi connectivity index (χ1n) is 7.52. The SMILES string of the molecule is Cc1ccc(-c2noc(CCSc3nc(C(F)(F)F)cc(=O)[nH]3)n2)cc1. The smallest absolute Gasteiger partial charge is 0.339 e. The van der Waals surface area contributed by atoms with Crippen molar-refractivity contribution in [3.05, 3.63) is 57.8 Å². The third kappa shape index (κ3) is 4.51. The minimum atomic E-state index is -4.67. The number of hydrogen-bond donors (Lipinski definition) is 1. The molecular weight excluding hydrogens is 369 g/mol. The summed E-state index contributed by atoms with van der Waals surface area (Å²) >= 11 is 0.972. The van der Waals surface area contributed by atoms with E-state index < -0.39 is 17.4 Å². The highest BCUT2D eigenvalue weighted by atomic mass is 32.2. The van der Waals surface area contributed by atoms with E-state index >= 15 is 0 Å². The molecular formula is C16H13F3N4O2S. The van der Waals surface area contributed by atoms with E-state index in [4.69, 9.17) is 4.52 Å². The van der Waals surface area contributed by atoms with Crippen molar-refractivity contribution in [1.82, 2.24) is 20.1 Å². The standard InChI is InChI=1S/C16H13F3N4O2S/c1-9-2-4-10(5-3-9)14-22-13(25-23-14)6-7-26-15-20-11(16(17,18)19)8-12(24)21-15/h2-5,8H,6-7H2,1H3,(H,20,21,24). The number of H-pyrrole nitrogens is 1. The Morgan fingerprint density at radius 2 is 1.92 bits per heavy atom. The van der Waals surface area contributed by atoms with E-state index in [0.717, 1.165) is 22.9 Å². The first kappa shape index (κ1) is 18.2. The molecule has 2 heterocycles. The van der Waals surface area contributed by atoms with Gasteiger partial charge >= 0.3 is 6.18 Å². The van der Waals surface area contributed by atoms with Crippen molar-refractivity contribution in [1.29, 1.82) is 0 Å². The molecule has 26 heavy (non-hydrogen) atoms. The van der Waals surface area contributed by atoms with Crippen molar-refractivity contribution in [3.8, 4) is 11.4 Å². The second-order valence-electron chi connectivity index (χ2n) is 5.41. The molecule has 0 bridgehead atoms. The Balaban J connectivity index is 1.63. The highest BCUT2D eigenvalue weighted by Gasteiger charge is 2.33. The van der Waals surface area contributed by atoms with Gasteiger partial charge in [0.2, 0.25) is 11.7 Å². The Labute approximate surface area is 149 Å². The molecule has 1 N–H and O–H groups in total. The summed E-state index contributed by atoms with van der Waals surface area (Å²) in [5, 5.41) is 3.78. The third-order valence-corrected chi connectivity index (χ3v) is 4.22. The molecule has 0 atom stereocenters. The first-order chi connectivity index (χ1) is 12.3. The van der Waals surface area contributed by atoms with Crippen LogP contribution in [0, 0.1) is 6.92 Å². The van der Waals surface area contributed by atoms with Crippen LogP contribution in [0.25, 0.3) is 11.4 Å². The lowest BCUT2D eigenvalue weighted by atomic mass is 10.1. The zero-order valence-corrected chi connectivity index (χ0v) is 14.3. The van der Waals surface area contributed by atoms with Crippen LogP contribution < -0.4 is 5.56 Å². The van der Waals surface area contributed by atoms with Gasteiger partial charge in [-0.1, -0.05) is 46.7 Å². The highest BCUT2D eigenvalue weighted by Crippen LogP contribution is 2.27. The Bertz CT molecular complexity index is 951. The molecule has 3 aromatic rings. The van der Waals surface area contributed by atoms with Gasteiger partial charge in [0.15, 0.2) is 10.9 Å². The summed E-state index contributed by atoms with van der Waals surface area (Å²) in [7, 11) is 0. The van der Waals surface area contributed by atoms with Gasteiger partial charge < -0.3 is 9.51 Å². The van der Waals surface area contributed by atoms with Crippen molar-refractivity contribution in [3.63, 3.8) is 0 Å². The zero-order chi connectivity index (χ0) is 18.7. The fourth-order valence-corrected chi connectivity index (χ4v) is 2.87. The first-order valence-corrected chi connectivity index (χ1v) is 8.51. The van der Waals surface area contributed by atoms with Crippen LogP contribution in [0.1, 0.15) is 17.1 Å². The number of nitrogens with one attached hydrogen (secondary N) is 1. The monoisotopic (exact) mass is 382 g/mol. The molecule has 3 rings (SSSR count). The van der Waals surface area contributed by atoms with E-state index in [1.54, 1.807) is 0 Å². The van der Waals surface area contributed by atoms with Crippen LogP contribution in [0.5, 0.6) is 0 Å². The maximum atomic E-state index is 12.7. The molecule has 10 heteroatoms. The fraction of sp³-hybridized carbons (Fsp3) is 0.250. The Hall–Kier alpha value is -2.62. The lowest BCUT2D eigenvalue weighted by Crippen LogP contribution is -2.16. The molecule has 0 saturated heterocycles. The van der Waals surface area contributed by atoms with Crippen molar-refractivity contribution in [2.24, 2.45) is 0 Å². The Kier molecular flexibility index (Phi) is 5.12. The molecule has 1 aromatic carbocycles. The average Bonchev–Trinajstić information content (AvgIpc) is 3.03. The number of thioether (sulfide) groups is 1. The van der Waals surface area contributed by atoms with Crippen LogP contribution in [0.15, 0.2) is 44.8 Å². The third-order valence-electron chi connectivity index (χ3n) is 3.34. The van der Waals surface area contributed by atoms with Gasteiger partial charge in [0.05, 0.1) is 0 Å². The highest BCUT2D eigenvalue weighted by molar-refractivity contribution is 7.99. The van der Waals surface area contributed by atoms with Crippen molar-refractivity contribution in [2.45, 2.75) is 24.7 Å². The van der Waals surface area contributed by atoms with Crippen LogP contribution >= 0.6 is 11.8 Å². The summed E-state index contributed by atoms with van der Waals surface area (Å²) in [5.74, 6) is 1.11. The molecule has 6 nitrogen and oxygen atoms in total. The van der Waals surface area contributed by atoms with Gasteiger partial charge in [0.25, 0.3) is 5.56 Å². The number of rotatable bonds is 5. The summed E-state index contributed by atoms with van der Waals surface area (Å²) in [6.45, 7) is 1.97. The van der Waals surface area contributed by atoms with Gasteiger partial charge in [-0.15, -0.1) is 0 Å². The number of nitrogens with zero attached hydrogens (tertiary/aromatic N) is 3. The van der Waals surface area contributed by atoms with Crippen molar-refractivity contribution < 1.29 is 17.7 Å². The fourth-order valence-electron chi connectivity index (χ4n) is 2.06. The van der Waals surface area contributed by atoms with Crippen molar-refractivity contribution in [2.75, 3.05) is 5.75 Å². The second-order valence-corrected chi connectivity index (χ2v) is 6.49. The zero-order valence-electron chi connectivity index (χ0n) is 13.5. The number of halogens is 3. The van der Waals surface area contributed by atoms with Gasteiger partial charge in [0.1, 0.15) is 0 Å². The number of aromatic amines is 1. The topological polar surface area (TPSA) is 84.7 Å². The predicted octanol–water partition coefficient (Wildman–Crippen LogP) is 3.48. The lowest BCUT2D eigenvalue weighted by Gasteiger charge is -2.06. The van der Waals surface area contributed by atoms with Gasteiger partial charge in [-0.25, -0.2) is 4.98 Å². The molecule has 2 aromatic heterocycles. The van der Waals surface area contributed by atoms with Crippen molar-refractivity contribution >= 4 is 11.8 Å². The molecule has 0 aliphatic heterocycles. The minimum absolute atomic E-state index is 0.108. The summed E-state index contributed by atoms with van der Waals surface area (Å²) < 4.78 is 43.1. The largest absolute Gasteiger partial charge is 0.433 e. The van der Waals surface area contributed by atoms with E-state index in [1.807, 2.05) is 31.2 Å². The van der Waals surface area contributed by atoms with Crippen LogP contribution in [-0.4, -0.2) is 25.9 Å². The quantitative estimate of drug-likeness (QED) is 0.537. The van der Waals surface area contributed by atoms with E-state index in [-0.39, 0.29) is 5.16 Å². The number of benzene rings is 1. The summed E-state index contributed by atoms with van der Waals surface area (Å²) in [6.07, 6.45) is -4.34. The molecule has 0 amide bonds. The van der Waals surface area contributed by atoms with Crippen LogP contribution in [-0.2, 0) is 12.6 Å². The molecule has 0 saturated carbocycles. The summed E-state index contributed by atoms with van der Waals surface area (Å²) in [4.78, 5) is 21.3. The Morgan fingerprint density at radius 1 is 1.19 bits per heavy atom. The van der Waals surface area contributed by atoms with E-state index in [1.165, 1.54) is 0 Å². The van der Waals surface area contributed by atoms with Gasteiger partial charge in [-0.2, -0.15) is 18.2 Å². The molecule has 0 aliphatic carbocycles. The molecule has 0 fully saturated rings. The predicted molar refractivity (Wildman–Crippen MR) is 88.8 cm³/mol. The molecule has 136 valence electrons. The lowest BCUT2D eigenvalue weighted by molar-refractivity contribution is -0.141. The molecule has 0 unspecified atom stereocenters. The normalized spacial score (nSPS) is 11.7.